The largest absolute Gasteiger partial charge is 0.393 e. The predicted molar refractivity (Wildman–Crippen MR) is 68.1 cm³/mol. The van der Waals surface area contributed by atoms with Crippen molar-refractivity contribution in [1.29, 1.82) is 0 Å². The zero-order chi connectivity index (χ0) is 14.2. The summed E-state index contributed by atoms with van der Waals surface area (Å²) in [5.74, 6) is -0.816. The lowest BCUT2D eigenvalue weighted by atomic mass is 10.0. The van der Waals surface area contributed by atoms with E-state index in [2.05, 4.69) is 5.32 Å². The van der Waals surface area contributed by atoms with Gasteiger partial charge in [-0.1, -0.05) is 25.6 Å². The normalized spacial score (nSPS) is 13.1. The van der Waals surface area contributed by atoms with E-state index in [4.69, 9.17) is 18.0 Å². The van der Waals surface area contributed by atoms with Gasteiger partial charge in [0.2, 0.25) is 5.91 Å². The maximum Gasteiger partial charge on any atom is 0.389 e. The number of thiocarbonyl (C=S) groups is 1. The Balaban J connectivity index is 3.84. The van der Waals surface area contributed by atoms with E-state index >= 15 is 0 Å². The molecule has 0 aliphatic heterocycles. The molecular formula is C11H19F3N2OS. The number of nitrogens with two attached hydrogens (primary N) is 1. The van der Waals surface area contributed by atoms with Crippen LogP contribution in [0.15, 0.2) is 0 Å². The summed E-state index contributed by atoms with van der Waals surface area (Å²) in [6.07, 6.45) is -3.33. The second kappa shape index (κ2) is 8.29. The van der Waals surface area contributed by atoms with Crippen molar-refractivity contribution in [2.75, 3.05) is 6.54 Å². The number of unbranched alkanes of at least 4 members (excludes halogenated alkanes) is 1. The summed E-state index contributed by atoms with van der Waals surface area (Å²) in [6, 6.07) is 0. The average Bonchev–Trinajstić information content (AvgIpc) is 2.23. The summed E-state index contributed by atoms with van der Waals surface area (Å²) in [5.41, 5.74) is 5.43. The molecule has 3 N–H and O–H groups in total. The topological polar surface area (TPSA) is 55.1 Å². The number of nitrogens with one attached hydrogen (secondary N) is 1. The molecule has 7 heteroatoms. The van der Waals surface area contributed by atoms with Crippen LogP contribution in [0.4, 0.5) is 13.2 Å². The van der Waals surface area contributed by atoms with Crippen molar-refractivity contribution in [1.82, 2.24) is 5.32 Å². The first-order chi connectivity index (χ1) is 8.28. The molecule has 0 rings (SSSR count). The van der Waals surface area contributed by atoms with Crippen molar-refractivity contribution in [2.45, 2.75) is 45.2 Å². The summed E-state index contributed by atoms with van der Waals surface area (Å²) in [6.45, 7) is 2.12. The zero-order valence-corrected chi connectivity index (χ0v) is 11.2. The molecule has 0 aliphatic carbocycles. The summed E-state index contributed by atoms with van der Waals surface area (Å²) in [7, 11) is 0. The number of hydrogen-bond donors (Lipinski definition) is 2. The molecule has 0 saturated heterocycles. The number of halogens is 3. The van der Waals surface area contributed by atoms with E-state index < -0.39 is 18.5 Å². The lowest BCUT2D eigenvalue weighted by molar-refractivity contribution is -0.135. The fraction of sp³-hybridized carbons (Fsp3) is 0.818. The van der Waals surface area contributed by atoms with Crippen LogP contribution in [0.1, 0.15) is 39.0 Å². The van der Waals surface area contributed by atoms with Crippen LogP contribution in [0.25, 0.3) is 0 Å². The van der Waals surface area contributed by atoms with Gasteiger partial charge in [-0.2, -0.15) is 13.2 Å². The van der Waals surface area contributed by atoms with Crippen LogP contribution in [0, 0.1) is 5.92 Å². The van der Waals surface area contributed by atoms with E-state index in [1.165, 1.54) is 0 Å². The standard InChI is InChI=1S/C11H19F3N2OS/c1-2-5-8(9(15)18)10(17)16-7-4-3-6-11(12,13)14/h8H,2-7H2,1H3,(H2,15,18)(H,16,17). The number of hydrogen-bond acceptors (Lipinski definition) is 2. The molecule has 0 aromatic carbocycles. The highest BCUT2D eigenvalue weighted by Crippen LogP contribution is 2.21. The zero-order valence-electron chi connectivity index (χ0n) is 10.3. The summed E-state index contributed by atoms with van der Waals surface area (Å²) in [4.78, 5) is 11.8. The minimum atomic E-state index is -4.13. The summed E-state index contributed by atoms with van der Waals surface area (Å²) < 4.78 is 35.6. The van der Waals surface area contributed by atoms with Crippen molar-refractivity contribution in [3.63, 3.8) is 0 Å². The molecule has 1 atom stereocenters. The van der Waals surface area contributed by atoms with Gasteiger partial charge >= 0.3 is 6.18 Å². The van der Waals surface area contributed by atoms with Crippen molar-refractivity contribution in [3.8, 4) is 0 Å². The van der Waals surface area contributed by atoms with E-state index in [9.17, 15) is 18.0 Å². The molecule has 18 heavy (non-hydrogen) atoms. The van der Waals surface area contributed by atoms with Crippen LogP contribution in [-0.4, -0.2) is 23.6 Å². The minimum Gasteiger partial charge on any atom is -0.393 e. The number of rotatable bonds is 8. The monoisotopic (exact) mass is 284 g/mol. The first-order valence-corrected chi connectivity index (χ1v) is 6.32. The van der Waals surface area contributed by atoms with Crippen LogP contribution in [0.5, 0.6) is 0 Å². The molecule has 0 saturated carbocycles. The second-order valence-electron chi connectivity index (χ2n) is 4.11. The van der Waals surface area contributed by atoms with Crippen LogP contribution in [0.2, 0.25) is 0 Å². The van der Waals surface area contributed by atoms with Crippen LogP contribution >= 0.6 is 12.2 Å². The lowest BCUT2D eigenvalue weighted by Crippen LogP contribution is -2.38. The molecule has 1 unspecified atom stereocenters. The van der Waals surface area contributed by atoms with Crippen LogP contribution in [-0.2, 0) is 4.79 Å². The number of amides is 1. The van der Waals surface area contributed by atoms with Gasteiger partial charge in [-0.15, -0.1) is 0 Å². The van der Waals surface area contributed by atoms with Gasteiger partial charge in [-0.25, -0.2) is 0 Å². The highest BCUT2D eigenvalue weighted by Gasteiger charge is 2.26. The van der Waals surface area contributed by atoms with Gasteiger partial charge in [-0.3, -0.25) is 4.79 Å². The maximum atomic E-state index is 11.9. The van der Waals surface area contributed by atoms with E-state index in [1.54, 1.807) is 0 Å². The Morgan fingerprint density at radius 3 is 2.44 bits per heavy atom. The summed E-state index contributed by atoms with van der Waals surface area (Å²) >= 11 is 4.78. The fourth-order valence-corrected chi connectivity index (χ4v) is 1.70. The number of carbonyl (C=O) groups excluding carboxylic acids is 1. The molecule has 0 aromatic heterocycles. The second-order valence-corrected chi connectivity index (χ2v) is 4.58. The van der Waals surface area contributed by atoms with E-state index in [0.29, 0.717) is 12.8 Å². The predicted octanol–water partition coefficient (Wildman–Crippen LogP) is 2.54. The van der Waals surface area contributed by atoms with Gasteiger partial charge in [0.15, 0.2) is 0 Å². The molecule has 1 amide bonds. The van der Waals surface area contributed by atoms with Crippen molar-refractivity contribution in [3.05, 3.63) is 0 Å². The minimum absolute atomic E-state index is 0.00922. The fourth-order valence-electron chi connectivity index (χ4n) is 1.48. The molecule has 0 radical (unpaired) electrons. The van der Waals surface area contributed by atoms with Crippen molar-refractivity contribution in [2.24, 2.45) is 11.7 Å². The Bertz CT molecular complexity index is 282. The van der Waals surface area contributed by atoms with Gasteiger partial charge in [0.1, 0.15) is 0 Å². The number of alkyl halides is 3. The Morgan fingerprint density at radius 2 is 2.00 bits per heavy atom. The van der Waals surface area contributed by atoms with Gasteiger partial charge in [0, 0.05) is 13.0 Å². The summed E-state index contributed by atoms with van der Waals surface area (Å²) in [5, 5.41) is 2.56. The smallest absolute Gasteiger partial charge is 0.389 e. The molecule has 3 nitrogen and oxygen atoms in total. The van der Waals surface area contributed by atoms with Crippen molar-refractivity contribution < 1.29 is 18.0 Å². The molecule has 0 fully saturated rings. The Kier molecular flexibility index (Phi) is 7.90. The lowest BCUT2D eigenvalue weighted by Gasteiger charge is -2.14. The van der Waals surface area contributed by atoms with Crippen molar-refractivity contribution >= 4 is 23.1 Å². The van der Waals surface area contributed by atoms with Gasteiger partial charge in [0.05, 0.1) is 10.9 Å². The third-order valence-electron chi connectivity index (χ3n) is 2.42. The molecular weight excluding hydrogens is 265 g/mol. The Labute approximate surface area is 110 Å². The van der Waals surface area contributed by atoms with Crippen LogP contribution < -0.4 is 11.1 Å². The highest BCUT2D eigenvalue weighted by molar-refractivity contribution is 7.80. The van der Waals surface area contributed by atoms with E-state index in [1.807, 2.05) is 6.92 Å². The SMILES string of the molecule is CCCC(C(=O)NCCCCC(F)(F)F)C(N)=S. The highest BCUT2D eigenvalue weighted by atomic mass is 32.1. The Hall–Kier alpha value is -0.850. The van der Waals surface area contributed by atoms with Gasteiger partial charge in [-0.05, 0) is 19.3 Å². The molecule has 0 aliphatic rings. The quantitative estimate of drug-likeness (QED) is 0.532. The Morgan fingerprint density at radius 1 is 1.39 bits per heavy atom. The first-order valence-electron chi connectivity index (χ1n) is 5.91. The maximum absolute atomic E-state index is 11.9. The number of carbonyl (C=O) groups is 1. The molecule has 0 heterocycles. The molecule has 106 valence electrons. The van der Waals surface area contributed by atoms with E-state index in [-0.39, 0.29) is 23.9 Å². The van der Waals surface area contributed by atoms with Crippen LogP contribution in [0.3, 0.4) is 0 Å². The van der Waals surface area contributed by atoms with E-state index in [0.717, 1.165) is 6.42 Å². The molecule has 0 bridgehead atoms. The van der Waals surface area contributed by atoms with Gasteiger partial charge < -0.3 is 11.1 Å². The third-order valence-corrected chi connectivity index (χ3v) is 2.71. The molecule has 0 spiro atoms. The van der Waals surface area contributed by atoms with Gasteiger partial charge in [0.25, 0.3) is 0 Å². The first kappa shape index (κ1) is 17.2. The third kappa shape index (κ3) is 8.27. The molecule has 0 aromatic rings. The average molecular weight is 284 g/mol.